The SMILES string of the molecule is COc1cccc([C@@H]2CC(c3cccs3)=NN2C(=O)CSc2nnc(CNC(=O)c3ccccc3)n2-c2ccc(F)cc2)c1OC. The van der Waals surface area contributed by atoms with Gasteiger partial charge >= 0.3 is 0 Å². The zero-order valence-corrected chi connectivity index (χ0v) is 26.6. The highest BCUT2D eigenvalue weighted by Gasteiger charge is 2.36. The number of nitrogens with one attached hydrogen (secondary N) is 1. The Kier molecular flexibility index (Phi) is 9.41. The first-order valence-corrected chi connectivity index (χ1v) is 16.1. The summed E-state index contributed by atoms with van der Waals surface area (Å²) in [6, 6.07) is 23.8. The van der Waals surface area contributed by atoms with Gasteiger partial charge in [-0.25, -0.2) is 9.40 Å². The quantitative estimate of drug-likeness (QED) is 0.177. The standard InChI is InChI=1S/C33H29FN6O4S2/c1-43-27-11-6-10-24(31(27)44-2)26-18-25(28-12-7-17-45-28)38-40(26)30(41)20-46-33-37-36-29(39(33)23-15-13-22(34)14-16-23)19-35-32(42)21-8-4-3-5-9-21/h3-17,26H,18-20H2,1-2H3,(H,35,42)/t26-/m0/s1. The maximum absolute atomic E-state index is 13.9. The molecule has 0 spiro atoms. The number of hydrazone groups is 1. The van der Waals surface area contributed by atoms with E-state index in [1.165, 1.54) is 28.9 Å². The minimum atomic E-state index is -0.422. The van der Waals surface area contributed by atoms with E-state index in [0.717, 1.165) is 16.2 Å². The molecule has 2 aromatic heterocycles. The molecule has 46 heavy (non-hydrogen) atoms. The van der Waals surface area contributed by atoms with Crippen LogP contribution in [0.1, 0.15) is 39.1 Å². The predicted molar refractivity (Wildman–Crippen MR) is 174 cm³/mol. The van der Waals surface area contributed by atoms with Crippen LogP contribution in [0.4, 0.5) is 4.39 Å². The number of amides is 2. The fraction of sp³-hybridized carbons (Fsp3) is 0.182. The van der Waals surface area contributed by atoms with Crippen LogP contribution in [0.15, 0.2) is 101 Å². The maximum Gasteiger partial charge on any atom is 0.253 e. The number of rotatable bonds is 11. The van der Waals surface area contributed by atoms with Gasteiger partial charge in [-0.2, -0.15) is 5.10 Å². The average molecular weight is 657 g/mol. The van der Waals surface area contributed by atoms with Crippen molar-refractivity contribution in [1.29, 1.82) is 0 Å². The Bertz CT molecular complexity index is 1860. The predicted octanol–water partition coefficient (Wildman–Crippen LogP) is 5.89. The lowest BCUT2D eigenvalue weighted by atomic mass is 9.99. The first-order valence-electron chi connectivity index (χ1n) is 14.3. The molecule has 3 heterocycles. The fourth-order valence-electron chi connectivity index (χ4n) is 5.15. The molecule has 1 atom stereocenters. The van der Waals surface area contributed by atoms with Crippen LogP contribution >= 0.6 is 23.1 Å². The van der Waals surface area contributed by atoms with E-state index in [-0.39, 0.29) is 24.1 Å². The highest BCUT2D eigenvalue weighted by molar-refractivity contribution is 7.99. The number of thiophene rings is 1. The van der Waals surface area contributed by atoms with Crippen molar-refractivity contribution in [2.24, 2.45) is 5.10 Å². The van der Waals surface area contributed by atoms with Gasteiger partial charge in [-0.15, -0.1) is 21.5 Å². The molecule has 3 aromatic carbocycles. The van der Waals surface area contributed by atoms with E-state index in [2.05, 4.69) is 15.5 Å². The second-order valence-corrected chi connectivity index (χ2v) is 12.0. The van der Waals surface area contributed by atoms with Crippen LogP contribution in [0.3, 0.4) is 0 Å². The summed E-state index contributed by atoms with van der Waals surface area (Å²) in [5.41, 5.74) is 2.67. The maximum atomic E-state index is 13.9. The summed E-state index contributed by atoms with van der Waals surface area (Å²) in [6.45, 7) is 0.0604. The second-order valence-electron chi connectivity index (χ2n) is 10.1. The van der Waals surface area contributed by atoms with Gasteiger partial charge in [0.15, 0.2) is 22.5 Å². The molecule has 0 fully saturated rings. The van der Waals surface area contributed by atoms with E-state index in [0.29, 0.717) is 40.2 Å². The van der Waals surface area contributed by atoms with Crippen LogP contribution in [0.25, 0.3) is 5.69 Å². The third-order valence-corrected chi connectivity index (χ3v) is 9.15. The van der Waals surface area contributed by atoms with Gasteiger partial charge in [0.25, 0.3) is 11.8 Å². The van der Waals surface area contributed by atoms with Crippen LogP contribution in [0.2, 0.25) is 0 Å². The van der Waals surface area contributed by atoms with Gasteiger partial charge in [0, 0.05) is 23.2 Å². The molecule has 1 aliphatic rings. The summed E-state index contributed by atoms with van der Waals surface area (Å²) in [6.07, 6.45) is 0.497. The molecule has 2 amide bonds. The number of hydrogen-bond donors (Lipinski definition) is 1. The van der Waals surface area contributed by atoms with Gasteiger partial charge in [0.05, 0.1) is 43.1 Å². The van der Waals surface area contributed by atoms with E-state index in [1.54, 1.807) is 66.5 Å². The summed E-state index contributed by atoms with van der Waals surface area (Å²) in [7, 11) is 3.14. The molecule has 0 aliphatic carbocycles. The summed E-state index contributed by atoms with van der Waals surface area (Å²) < 4.78 is 26.8. The van der Waals surface area contributed by atoms with Gasteiger partial charge in [-0.1, -0.05) is 48.2 Å². The first kappa shape index (κ1) is 31.0. The number of aromatic nitrogens is 3. The van der Waals surface area contributed by atoms with Gasteiger partial charge < -0.3 is 14.8 Å². The Morgan fingerprint density at radius 2 is 1.78 bits per heavy atom. The molecule has 10 nitrogen and oxygen atoms in total. The number of thioether (sulfide) groups is 1. The molecule has 1 N–H and O–H groups in total. The summed E-state index contributed by atoms with van der Waals surface area (Å²) in [4.78, 5) is 27.6. The summed E-state index contributed by atoms with van der Waals surface area (Å²) >= 11 is 2.73. The molecule has 0 radical (unpaired) electrons. The Morgan fingerprint density at radius 3 is 2.50 bits per heavy atom. The average Bonchev–Trinajstić information content (AvgIpc) is 3.87. The summed E-state index contributed by atoms with van der Waals surface area (Å²) in [5.74, 6) is 0.591. The highest BCUT2D eigenvalue weighted by Crippen LogP contribution is 2.42. The van der Waals surface area contributed by atoms with Gasteiger partial charge in [0.2, 0.25) is 0 Å². The molecular weight excluding hydrogens is 628 g/mol. The normalized spacial score (nSPS) is 14.2. The number of benzene rings is 3. The van der Waals surface area contributed by atoms with Crippen molar-refractivity contribution in [1.82, 2.24) is 25.1 Å². The number of para-hydroxylation sites is 1. The minimum Gasteiger partial charge on any atom is -0.493 e. The number of carbonyl (C=O) groups excluding carboxylic acids is 2. The zero-order valence-electron chi connectivity index (χ0n) is 24.9. The Balaban J connectivity index is 1.26. The molecule has 5 aromatic rings. The van der Waals surface area contributed by atoms with Crippen LogP contribution in [-0.4, -0.2) is 57.3 Å². The van der Waals surface area contributed by atoms with Crippen molar-refractivity contribution in [2.75, 3.05) is 20.0 Å². The zero-order chi connectivity index (χ0) is 32.0. The second kappa shape index (κ2) is 14.0. The number of halogens is 1. The molecule has 234 valence electrons. The van der Waals surface area contributed by atoms with Crippen molar-refractivity contribution in [3.05, 3.63) is 118 Å². The smallest absolute Gasteiger partial charge is 0.253 e. The third kappa shape index (κ3) is 6.51. The van der Waals surface area contributed by atoms with E-state index >= 15 is 0 Å². The Hall–Kier alpha value is -5.01. The monoisotopic (exact) mass is 656 g/mol. The molecule has 13 heteroatoms. The van der Waals surface area contributed by atoms with Crippen molar-refractivity contribution in [3.63, 3.8) is 0 Å². The topological polar surface area (TPSA) is 111 Å². The van der Waals surface area contributed by atoms with Crippen molar-refractivity contribution < 1.29 is 23.5 Å². The summed E-state index contributed by atoms with van der Waals surface area (Å²) in [5, 5.41) is 20.2. The lowest BCUT2D eigenvalue weighted by Gasteiger charge is -2.24. The Labute approximate surface area is 272 Å². The molecule has 6 rings (SSSR count). The molecule has 0 saturated heterocycles. The van der Waals surface area contributed by atoms with E-state index in [4.69, 9.17) is 14.6 Å². The van der Waals surface area contributed by atoms with Crippen LogP contribution in [0.5, 0.6) is 11.5 Å². The molecule has 0 bridgehead atoms. The van der Waals surface area contributed by atoms with E-state index < -0.39 is 11.9 Å². The number of hydrogen-bond acceptors (Lipinski definition) is 9. The minimum absolute atomic E-state index is 0.0142. The van der Waals surface area contributed by atoms with Crippen molar-refractivity contribution >= 4 is 40.6 Å². The molecule has 1 aliphatic heterocycles. The number of ether oxygens (including phenoxy) is 2. The fourth-order valence-corrected chi connectivity index (χ4v) is 6.69. The van der Waals surface area contributed by atoms with Crippen LogP contribution in [0, 0.1) is 5.82 Å². The number of methoxy groups -OCH3 is 2. The van der Waals surface area contributed by atoms with Gasteiger partial charge in [-0.05, 0) is 53.9 Å². The highest BCUT2D eigenvalue weighted by atomic mass is 32.2. The van der Waals surface area contributed by atoms with Crippen LogP contribution < -0.4 is 14.8 Å². The van der Waals surface area contributed by atoms with Crippen LogP contribution in [-0.2, 0) is 11.3 Å². The third-order valence-electron chi connectivity index (χ3n) is 7.32. The van der Waals surface area contributed by atoms with E-state index in [9.17, 15) is 14.0 Å². The van der Waals surface area contributed by atoms with Gasteiger partial charge in [-0.3, -0.25) is 14.2 Å². The molecule has 0 saturated carbocycles. The number of nitrogens with zero attached hydrogens (tertiary/aromatic N) is 5. The van der Waals surface area contributed by atoms with Crippen molar-refractivity contribution in [2.45, 2.75) is 24.2 Å². The van der Waals surface area contributed by atoms with Crippen molar-refractivity contribution in [3.8, 4) is 17.2 Å². The van der Waals surface area contributed by atoms with E-state index in [1.807, 2.05) is 41.8 Å². The lowest BCUT2D eigenvalue weighted by molar-refractivity contribution is -0.130. The molecular formula is C33H29FN6O4S2. The molecule has 0 unspecified atom stereocenters. The number of carbonyl (C=O) groups is 2. The first-order chi connectivity index (χ1) is 22.5. The largest absolute Gasteiger partial charge is 0.493 e. The Morgan fingerprint density at radius 1 is 0.978 bits per heavy atom. The van der Waals surface area contributed by atoms with Gasteiger partial charge in [0.1, 0.15) is 5.82 Å². The lowest BCUT2D eigenvalue weighted by Crippen LogP contribution is -2.29.